The van der Waals surface area contributed by atoms with Crippen molar-refractivity contribution in [2.24, 2.45) is 0 Å². The third kappa shape index (κ3) is 3.98. The Balaban J connectivity index is 1.50. The number of nitrogens with zero attached hydrogens (tertiary/aromatic N) is 3. The minimum absolute atomic E-state index is 0.154. The molecule has 0 aliphatic carbocycles. The van der Waals surface area contributed by atoms with E-state index in [9.17, 15) is 4.79 Å². The molecule has 1 amide bonds. The molecule has 2 aromatic rings. The smallest absolute Gasteiger partial charge is 0.254 e. The summed E-state index contributed by atoms with van der Waals surface area (Å²) in [6.45, 7) is 5.36. The van der Waals surface area contributed by atoms with Crippen molar-refractivity contribution in [2.45, 2.75) is 25.3 Å². The van der Waals surface area contributed by atoms with Crippen LogP contribution in [0.3, 0.4) is 0 Å². The number of hydrogen-bond acceptors (Lipinski definition) is 5. The number of rotatable bonds is 4. The van der Waals surface area contributed by atoms with Crippen LogP contribution in [-0.4, -0.2) is 66.1 Å². The normalized spacial score (nSPS) is 21.7. The van der Waals surface area contributed by atoms with Crippen molar-refractivity contribution in [3.63, 3.8) is 0 Å². The molecule has 26 heavy (non-hydrogen) atoms. The maximum absolute atomic E-state index is 13.2. The monoisotopic (exact) mass is 371 g/mol. The lowest BCUT2D eigenvalue weighted by Gasteiger charge is -2.39. The van der Waals surface area contributed by atoms with Gasteiger partial charge in [-0.25, -0.2) is 4.98 Å². The first kappa shape index (κ1) is 17.6. The minimum atomic E-state index is 0.154. The number of amides is 1. The minimum Gasteiger partial charge on any atom is -0.379 e. The molecule has 2 saturated heterocycles. The van der Waals surface area contributed by atoms with Crippen molar-refractivity contribution in [1.82, 2.24) is 14.8 Å². The van der Waals surface area contributed by atoms with Crippen LogP contribution in [0.4, 0.5) is 0 Å². The molecule has 2 aliphatic rings. The Morgan fingerprint density at radius 1 is 1.23 bits per heavy atom. The molecule has 138 valence electrons. The third-order valence-corrected chi connectivity index (χ3v) is 6.07. The predicted molar refractivity (Wildman–Crippen MR) is 103 cm³/mol. The first-order valence-corrected chi connectivity index (χ1v) is 10.3. The van der Waals surface area contributed by atoms with E-state index in [4.69, 9.17) is 4.74 Å². The van der Waals surface area contributed by atoms with Crippen LogP contribution in [0.25, 0.3) is 10.6 Å². The summed E-state index contributed by atoms with van der Waals surface area (Å²) in [7, 11) is 0. The molecule has 5 nitrogen and oxygen atoms in total. The number of carbonyl (C=O) groups excluding carboxylic acids is 1. The molecule has 1 aromatic carbocycles. The second-order valence-electron chi connectivity index (χ2n) is 6.98. The van der Waals surface area contributed by atoms with Crippen LogP contribution >= 0.6 is 11.3 Å². The number of ether oxygens (including phenoxy) is 1. The van der Waals surface area contributed by atoms with Crippen LogP contribution < -0.4 is 0 Å². The molecular weight excluding hydrogens is 346 g/mol. The van der Waals surface area contributed by atoms with E-state index in [0.29, 0.717) is 6.04 Å². The fraction of sp³-hybridized carbons (Fsp3) is 0.500. The Morgan fingerprint density at radius 3 is 2.92 bits per heavy atom. The van der Waals surface area contributed by atoms with E-state index in [1.165, 1.54) is 6.42 Å². The largest absolute Gasteiger partial charge is 0.379 e. The topological polar surface area (TPSA) is 45.7 Å². The van der Waals surface area contributed by atoms with Crippen LogP contribution in [0.1, 0.15) is 29.6 Å². The summed E-state index contributed by atoms with van der Waals surface area (Å²) in [6, 6.07) is 8.21. The summed E-state index contributed by atoms with van der Waals surface area (Å²) >= 11 is 1.60. The van der Waals surface area contributed by atoms with E-state index in [2.05, 4.69) is 14.8 Å². The van der Waals surface area contributed by atoms with Gasteiger partial charge in [-0.05, 0) is 31.4 Å². The van der Waals surface area contributed by atoms with Crippen LogP contribution in [0, 0.1) is 0 Å². The van der Waals surface area contributed by atoms with Crippen molar-refractivity contribution in [3.05, 3.63) is 41.4 Å². The average Bonchev–Trinajstić information content (AvgIpc) is 3.24. The Morgan fingerprint density at radius 2 is 2.12 bits per heavy atom. The van der Waals surface area contributed by atoms with Gasteiger partial charge in [-0.2, -0.15) is 0 Å². The number of morpholine rings is 1. The second-order valence-corrected chi connectivity index (χ2v) is 7.87. The lowest BCUT2D eigenvalue weighted by molar-refractivity contribution is 0.0166. The molecule has 2 aliphatic heterocycles. The van der Waals surface area contributed by atoms with E-state index in [1.54, 1.807) is 17.5 Å². The molecule has 0 N–H and O–H groups in total. The molecule has 0 spiro atoms. The number of aromatic nitrogens is 1. The van der Waals surface area contributed by atoms with Gasteiger partial charge in [0.05, 0.1) is 13.2 Å². The van der Waals surface area contributed by atoms with E-state index < -0.39 is 0 Å². The van der Waals surface area contributed by atoms with Gasteiger partial charge in [0.2, 0.25) is 0 Å². The number of likely N-dealkylation sites (tertiary alicyclic amines) is 1. The molecule has 1 atom stereocenters. The molecule has 3 heterocycles. The van der Waals surface area contributed by atoms with Crippen molar-refractivity contribution in [1.29, 1.82) is 0 Å². The molecule has 0 radical (unpaired) electrons. The third-order valence-electron chi connectivity index (χ3n) is 5.25. The van der Waals surface area contributed by atoms with Gasteiger partial charge in [-0.3, -0.25) is 9.69 Å². The average molecular weight is 372 g/mol. The van der Waals surface area contributed by atoms with Gasteiger partial charge in [-0.15, -0.1) is 11.3 Å². The van der Waals surface area contributed by atoms with E-state index >= 15 is 0 Å². The lowest BCUT2D eigenvalue weighted by atomic mass is 9.99. The highest BCUT2D eigenvalue weighted by atomic mass is 32.1. The number of carbonyl (C=O) groups is 1. The first-order valence-electron chi connectivity index (χ1n) is 9.42. The SMILES string of the molecule is O=C(c1cccc(-c2nccs2)c1)N1CCCCC1CN1CCOCC1. The van der Waals surface area contributed by atoms with Crippen molar-refractivity contribution in [3.8, 4) is 10.6 Å². The Hall–Kier alpha value is -1.76. The molecule has 0 bridgehead atoms. The highest BCUT2D eigenvalue weighted by Crippen LogP contribution is 2.25. The van der Waals surface area contributed by atoms with Gasteiger partial charge in [0, 0.05) is 54.9 Å². The van der Waals surface area contributed by atoms with E-state index in [1.807, 2.05) is 29.6 Å². The van der Waals surface area contributed by atoms with Gasteiger partial charge >= 0.3 is 0 Å². The van der Waals surface area contributed by atoms with Crippen LogP contribution in [0.5, 0.6) is 0 Å². The molecule has 6 heteroatoms. The number of piperidine rings is 1. The summed E-state index contributed by atoms with van der Waals surface area (Å²) in [4.78, 5) is 22.1. The summed E-state index contributed by atoms with van der Waals surface area (Å²) in [5.41, 5.74) is 1.79. The summed E-state index contributed by atoms with van der Waals surface area (Å²) in [5.74, 6) is 0.154. The molecule has 2 fully saturated rings. The van der Waals surface area contributed by atoms with Crippen molar-refractivity contribution in [2.75, 3.05) is 39.4 Å². The fourth-order valence-corrected chi connectivity index (χ4v) is 4.49. The first-order chi connectivity index (χ1) is 12.8. The maximum atomic E-state index is 13.2. The van der Waals surface area contributed by atoms with Gasteiger partial charge in [0.1, 0.15) is 5.01 Å². The van der Waals surface area contributed by atoms with Gasteiger partial charge in [-0.1, -0.05) is 12.1 Å². The van der Waals surface area contributed by atoms with Gasteiger partial charge in [0.25, 0.3) is 5.91 Å². The Kier molecular flexibility index (Phi) is 5.62. The molecule has 4 rings (SSSR count). The Bertz CT molecular complexity index is 728. The fourth-order valence-electron chi connectivity index (χ4n) is 3.86. The van der Waals surface area contributed by atoms with Gasteiger partial charge in [0.15, 0.2) is 0 Å². The van der Waals surface area contributed by atoms with Crippen LogP contribution in [0.15, 0.2) is 35.8 Å². The number of benzene rings is 1. The second kappa shape index (κ2) is 8.29. The Labute approximate surface area is 158 Å². The van der Waals surface area contributed by atoms with Gasteiger partial charge < -0.3 is 9.64 Å². The standard InChI is InChI=1S/C20H25N3O2S/c24-20(17-5-3-4-16(14-17)19-21-7-13-26-19)23-8-2-1-6-18(23)15-22-9-11-25-12-10-22/h3-5,7,13-14,18H,1-2,6,8-12,15H2. The van der Waals surface area contributed by atoms with E-state index in [0.717, 1.165) is 68.4 Å². The zero-order valence-corrected chi connectivity index (χ0v) is 15.8. The molecular formula is C20H25N3O2S. The zero-order valence-electron chi connectivity index (χ0n) is 15.0. The molecule has 1 aromatic heterocycles. The highest BCUT2D eigenvalue weighted by Gasteiger charge is 2.29. The van der Waals surface area contributed by atoms with Crippen LogP contribution in [-0.2, 0) is 4.74 Å². The van der Waals surface area contributed by atoms with Crippen molar-refractivity contribution >= 4 is 17.2 Å². The maximum Gasteiger partial charge on any atom is 0.254 e. The lowest BCUT2D eigenvalue weighted by Crippen LogP contribution is -2.51. The quantitative estimate of drug-likeness (QED) is 0.828. The summed E-state index contributed by atoms with van der Waals surface area (Å²) < 4.78 is 5.45. The molecule has 1 unspecified atom stereocenters. The summed E-state index contributed by atoms with van der Waals surface area (Å²) in [6.07, 6.45) is 5.20. The zero-order chi connectivity index (χ0) is 17.8. The molecule has 0 saturated carbocycles. The predicted octanol–water partition coefficient (Wildman–Crippen LogP) is 3.14. The van der Waals surface area contributed by atoms with Crippen LogP contribution in [0.2, 0.25) is 0 Å². The van der Waals surface area contributed by atoms with E-state index in [-0.39, 0.29) is 5.91 Å². The highest BCUT2D eigenvalue weighted by molar-refractivity contribution is 7.13. The number of hydrogen-bond donors (Lipinski definition) is 0. The summed E-state index contributed by atoms with van der Waals surface area (Å²) in [5, 5.41) is 2.93. The van der Waals surface area contributed by atoms with Crippen molar-refractivity contribution < 1.29 is 9.53 Å². The number of thiazole rings is 1.